The Bertz CT molecular complexity index is 562. The number of amides is 2. The van der Waals surface area contributed by atoms with Gasteiger partial charge in [-0.3, -0.25) is 9.59 Å². The number of halogens is 1. The third-order valence-corrected chi connectivity index (χ3v) is 4.05. The molecule has 1 saturated heterocycles. The van der Waals surface area contributed by atoms with E-state index in [0.717, 1.165) is 19.3 Å². The molecule has 1 fully saturated rings. The van der Waals surface area contributed by atoms with Crippen molar-refractivity contribution in [3.05, 3.63) is 28.8 Å². The number of phenols is 1. The number of nitrogens with zero attached hydrogens (tertiary/aromatic N) is 1. The van der Waals surface area contributed by atoms with E-state index in [1.165, 1.54) is 12.1 Å². The summed E-state index contributed by atoms with van der Waals surface area (Å²) in [5.41, 5.74) is 0.448. The molecule has 1 aromatic rings. The molecule has 1 aliphatic rings. The summed E-state index contributed by atoms with van der Waals surface area (Å²) in [6.07, 6.45) is 3.06. The van der Waals surface area contributed by atoms with Gasteiger partial charge in [0.1, 0.15) is 5.75 Å². The fourth-order valence-corrected chi connectivity index (χ4v) is 2.81. The van der Waals surface area contributed by atoms with E-state index in [-0.39, 0.29) is 28.6 Å². The quantitative estimate of drug-likeness (QED) is 0.894. The van der Waals surface area contributed by atoms with Gasteiger partial charge in [-0.25, -0.2) is 0 Å². The summed E-state index contributed by atoms with van der Waals surface area (Å²) in [6, 6.07) is 4.45. The zero-order chi connectivity index (χ0) is 16.1. The van der Waals surface area contributed by atoms with E-state index in [2.05, 4.69) is 5.32 Å². The number of nitrogens with one attached hydrogen (secondary N) is 1. The Kier molecular flexibility index (Phi) is 5.66. The van der Waals surface area contributed by atoms with Crippen LogP contribution in [0.4, 0.5) is 0 Å². The normalized spacial score (nSPS) is 18.1. The molecule has 0 spiro atoms. The predicted molar refractivity (Wildman–Crippen MR) is 85.1 cm³/mol. The van der Waals surface area contributed by atoms with Crippen molar-refractivity contribution in [3.63, 3.8) is 0 Å². The summed E-state index contributed by atoms with van der Waals surface area (Å²) >= 11 is 5.85. The average Bonchev–Trinajstić information content (AvgIpc) is 2.50. The first-order chi connectivity index (χ1) is 10.5. The Morgan fingerprint density at radius 2 is 2.23 bits per heavy atom. The molecule has 2 N–H and O–H groups in total. The minimum absolute atomic E-state index is 0.00402. The van der Waals surface area contributed by atoms with Gasteiger partial charge >= 0.3 is 0 Å². The van der Waals surface area contributed by atoms with E-state index >= 15 is 0 Å². The number of hydrogen-bond acceptors (Lipinski definition) is 3. The maximum atomic E-state index is 12.5. The number of carbonyl (C=O) groups excluding carboxylic acids is 2. The molecule has 1 heterocycles. The second kappa shape index (κ2) is 7.49. The Morgan fingerprint density at radius 3 is 2.91 bits per heavy atom. The van der Waals surface area contributed by atoms with Crippen molar-refractivity contribution in [2.75, 3.05) is 13.1 Å². The van der Waals surface area contributed by atoms with E-state index in [4.69, 9.17) is 11.6 Å². The highest BCUT2D eigenvalue weighted by molar-refractivity contribution is 6.32. The van der Waals surface area contributed by atoms with Gasteiger partial charge in [0, 0.05) is 31.1 Å². The van der Waals surface area contributed by atoms with Crippen molar-refractivity contribution < 1.29 is 14.7 Å². The number of piperidine rings is 1. The molecule has 2 amide bonds. The molecule has 1 aromatic carbocycles. The van der Waals surface area contributed by atoms with Crippen LogP contribution in [0.5, 0.6) is 5.75 Å². The molecular formula is C16H21ClN2O3. The summed E-state index contributed by atoms with van der Waals surface area (Å²) in [4.78, 5) is 25.9. The second-order valence-electron chi connectivity index (χ2n) is 5.57. The Morgan fingerprint density at radius 1 is 1.45 bits per heavy atom. The highest BCUT2D eigenvalue weighted by atomic mass is 35.5. The third kappa shape index (κ3) is 4.13. The van der Waals surface area contributed by atoms with Gasteiger partial charge in [0.05, 0.1) is 5.02 Å². The molecule has 0 bridgehead atoms. The van der Waals surface area contributed by atoms with E-state index in [1.54, 1.807) is 11.0 Å². The number of aromatic hydroxyl groups is 1. The molecule has 5 nitrogen and oxygen atoms in total. The monoisotopic (exact) mass is 324 g/mol. The lowest BCUT2D eigenvalue weighted by molar-refractivity contribution is -0.122. The highest BCUT2D eigenvalue weighted by Gasteiger charge is 2.25. The largest absolute Gasteiger partial charge is 0.506 e. The van der Waals surface area contributed by atoms with Crippen molar-refractivity contribution in [2.45, 2.75) is 38.6 Å². The number of phenolic OH excluding ortho intramolecular Hbond substituents is 1. The van der Waals surface area contributed by atoms with Gasteiger partial charge in [-0.15, -0.1) is 0 Å². The van der Waals surface area contributed by atoms with Gasteiger partial charge in [0.15, 0.2) is 0 Å². The first-order valence-corrected chi connectivity index (χ1v) is 7.96. The summed E-state index contributed by atoms with van der Waals surface area (Å²) in [5, 5.41) is 12.6. The molecule has 120 valence electrons. The number of hydrogen-bond donors (Lipinski definition) is 2. The van der Waals surface area contributed by atoms with Crippen LogP contribution in [0.25, 0.3) is 0 Å². The van der Waals surface area contributed by atoms with Gasteiger partial charge < -0.3 is 15.3 Å². The zero-order valence-corrected chi connectivity index (χ0v) is 13.4. The Balaban J connectivity index is 2.00. The topological polar surface area (TPSA) is 69.6 Å². The summed E-state index contributed by atoms with van der Waals surface area (Å²) < 4.78 is 0. The van der Waals surface area contributed by atoms with Crippen molar-refractivity contribution in [1.29, 1.82) is 0 Å². The van der Waals surface area contributed by atoms with Crippen LogP contribution in [0.1, 0.15) is 43.0 Å². The summed E-state index contributed by atoms with van der Waals surface area (Å²) in [7, 11) is 0. The molecule has 6 heteroatoms. The maximum absolute atomic E-state index is 12.5. The van der Waals surface area contributed by atoms with Gasteiger partial charge in [-0.1, -0.05) is 18.5 Å². The van der Waals surface area contributed by atoms with Gasteiger partial charge in [0.2, 0.25) is 5.91 Å². The minimum Gasteiger partial charge on any atom is -0.506 e. The standard InChI is InChI=1S/C16H21ClN2O3/c1-2-4-15(21)18-12-5-3-8-19(10-12)16(22)11-6-7-14(20)13(17)9-11/h6-7,9,12,20H,2-5,8,10H2,1H3,(H,18,21). The van der Waals surface area contributed by atoms with Crippen molar-refractivity contribution in [1.82, 2.24) is 10.2 Å². The number of benzene rings is 1. The average molecular weight is 325 g/mol. The summed E-state index contributed by atoms with van der Waals surface area (Å²) in [6.45, 7) is 3.13. The highest BCUT2D eigenvalue weighted by Crippen LogP contribution is 2.25. The molecule has 1 aliphatic heterocycles. The fraction of sp³-hybridized carbons (Fsp3) is 0.500. The first-order valence-electron chi connectivity index (χ1n) is 7.58. The molecule has 1 unspecified atom stereocenters. The smallest absolute Gasteiger partial charge is 0.253 e. The van der Waals surface area contributed by atoms with E-state index in [9.17, 15) is 14.7 Å². The van der Waals surface area contributed by atoms with Crippen LogP contribution in [0, 0.1) is 0 Å². The van der Waals surface area contributed by atoms with Crippen LogP contribution in [0.3, 0.4) is 0 Å². The molecule has 0 saturated carbocycles. The zero-order valence-electron chi connectivity index (χ0n) is 12.6. The Hall–Kier alpha value is -1.75. The second-order valence-corrected chi connectivity index (χ2v) is 5.98. The van der Waals surface area contributed by atoms with Crippen LogP contribution < -0.4 is 5.32 Å². The molecule has 2 rings (SSSR count). The number of rotatable bonds is 4. The van der Waals surface area contributed by atoms with Crippen LogP contribution in [0.2, 0.25) is 5.02 Å². The van der Waals surface area contributed by atoms with Crippen molar-refractivity contribution in [2.24, 2.45) is 0 Å². The van der Waals surface area contributed by atoms with Crippen LogP contribution in [-0.4, -0.2) is 41.0 Å². The molecule has 0 aromatic heterocycles. The van der Waals surface area contributed by atoms with Gasteiger partial charge in [0.25, 0.3) is 5.91 Å². The molecule has 0 radical (unpaired) electrons. The van der Waals surface area contributed by atoms with Crippen LogP contribution >= 0.6 is 11.6 Å². The third-order valence-electron chi connectivity index (χ3n) is 3.75. The van der Waals surface area contributed by atoms with Gasteiger partial charge in [-0.05, 0) is 37.5 Å². The van der Waals surface area contributed by atoms with Crippen molar-refractivity contribution >= 4 is 23.4 Å². The fourth-order valence-electron chi connectivity index (χ4n) is 2.63. The maximum Gasteiger partial charge on any atom is 0.253 e. The molecular weight excluding hydrogens is 304 g/mol. The SMILES string of the molecule is CCCC(=O)NC1CCCN(C(=O)c2ccc(O)c(Cl)c2)C1. The van der Waals surface area contributed by atoms with Crippen molar-refractivity contribution in [3.8, 4) is 5.75 Å². The Labute approximate surface area is 135 Å². The number of carbonyl (C=O) groups is 2. The van der Waals surface area contributed by atoms with Crippen LogP contribution in [0.15, 0.2) is 18.2 Å². The lowest BCUT2D eigenvalue weighted by Gasteiger charge is -2.33. The number of likely N-dealkylation sites (tertiary alicyclic amines) is 1. The van der Waals surface area contributed by atoms with E-state index < -0.39 is 0 Å². The lowest BCUT2D eigenvalue weighted by Crippen LogP contribution is -2.49. The lowest BCUT2D eigenvalue weighted by atomic mass is 10.0. The molecule has 1 atom stereocenters. The van der Waals surface area contributed by atoms with E-state index in [1.807, 2.05) is 6.92 Å². The molecule has 22 heavy (non-hydrogen) atoms. The predicted octanol–water partition coefficient (Wildman–Crippen LogP) is 2.57. The van der Waals surface area contributed by atoms with Gasteiger partial charge in [-0.2, -0.15) is 0 Å². The first kappa shape index (κ1) is 16.6. The summed E-state index contributed by atoms with van der Waals surface area (Å²) in [5.74, 6) is -0.132. The minimum atomic E-state index is -0.128. The van der Waals surface area contributed by atoms with E-state index in [0.29, 0.717) is 25.1 Å². The molecule has 0 aliphatic carbocycles. The van der Waals surface area contributed by atoms with Crippen LogP contribution in [-0.2, 0) is 4.79 Å².